The summed E-state index contributed by atoms with van der Waals surface area (Å²) < 4.78 is 8.34. The average molecular weight is 435 g/mol. The van der Waals surface area contributed by atoms with Crippen LogP contribution >= 0.6 is 27.5 Å². The first-order valence-electron chi connectivity index (χ1n) is 7.94. The third-order valence-corrected chi connectivity index (χ3v) is 4.63. The fourth-order valence-corrected chi connectivity index (χ4v) is 3.21. The minimum Gasteiger partial charge on any atom is -0.480 e. The van der Waals surface area contributed by atoms with Crippen LogP contribution in [-0.2, 0) is 11.8 Å². The van der Waals surface area contributed by atoms with Gasteiger partial charge in [0, 0.05) is 35.7 Å². The normalized spacial score (nSPS) is 11.8. The second-order valence-electron chi connectivity index (χ2n) is 5.77. The number of carbonyl (C=O) groups excluding carboxylic acids is 1. The van der Waals surface area contributed by atoms with Gasteiger partial charge in [0.15, 0.2) is 6.10 Å². The van der Waals surface area contributed by atoms with E-state index in [9.17, 15) is 4.79 Å². The van der Waals surface area contributed by atoms with Crippen molar-refractivity contribution in [2.75, 3.05) is 5.32 Å². The third kappa shape index (κ3) is 4.26. The van der Waals surface area contributed by atoms with Crippen LogP contribution in [0.5, 0.6) is 5.75 Å². The number of imidazole rings is 1. The zero-order chi connectivity index (χ0) is 18.7. The number of ether oxygens (including phenoxy) is 1. The van der Waals surface area contributed by atoms with Gasteiger partial charge in [-0.2, -0.15) is 0 Å². The topological polar surface area (TPSA) is 56.1 Å². The molecule has 0 aliphatic rings. The number of hydrogen-bond acceptors (Lipinski definition) is 3. The Morgan fingerprint density at radius 3 is 2.81 bits per heavy atom. The molecule has 1 atom stereocenters. The Bertz CT molecular complexity index is 942. The molecule has 1 N–H and O–H groups in total. The number of rotatable bonds is 5. The predicted octanol–water partition coefficient (Wildman–Crippen LogP) is 4.91. The molecule has 1 aromatic heterocycles. The first-order valence-corrected chi connectivity index (χ1v) is 9.11. The van der Waals surface area contributed by atoms with Crippen molar-refractivity contribution in [1.82, 2.24) is 9.55 Å². The number of nitrogens with one attached hydrogen (secondary N) is 1. The molecule has 26 heavy (non-hydrogen) atoms. The average Bonchev–Trinajstić information content (AvgIpc) is 3.03. The summed E-state index contributed by atoms with van der Waals surface area (Å²) in [6, 6.07) is 12.7. The smallest absolute Gasteiger partial charge is 0.265 e. The number of anilines is 1. The lowest BCUT2D eigenvalue weighted by atomic mass is 10.2. The molecule has 0 aliphatic carbocycles. The fourth-order valence-electron chi connectivity index (χ4n) is 2.44. The second-order valence-corrected chi connectivity index (χ2v) is 7.06. The first-order chi connectivity index (χ1) is 12.4. The van der Waals surface area contributed by atoms with Crippen molar-refractivity contribution in [2.24, 2.45) is 7.05 Å². The van der Waals surface area contributed by atoms with Gasteiger partial charge in [-0.05, 0) is 53.2 Å². The molecule has 0 bridgehead atoms. The summed E-state index contributed by atoms with van der Waals surface area (Å²) >= 11 is 9.30. The number of aryl methyl sites for hydroxylation is 1. The van der Waals surface area contributed by atoms with Crippen LogP contribution in [0.15, 0.2) is 59.3 Å². The molecule has 0 saturated heterocycles. The van der Waals surface area contributed by atoms with Gasteiger partial charge in [0.2, 0.25) is 0 Å². The van der Waals surface area contributed by atoms with Gasteiger partial charge in [0.05, 0.1) is 4.47 Å². The molecule has 0 aliphatic heterocycles. The van der Waals surface area contributed by atoms with Crippen molar-refractivity contribution in [2.45, 2.75) is 13.0 Å². The molecule has 3 aromatic rings. The van der Waals surface area contributed by atoms with E-state index in [2.05, 4.69) is 26.2 Å². The summed E-state index contributed by atoms with van der Waals surface area (Å²) in [7, 11) is 1.92. The molecule has 5 nitrogen and oxygen atoms in total. The highest BCUT2D eigenvalue weighted by atomic mass is 79.9. The van der Waals surface area contributed by atoms with E-state index in [1.807, 2.05) is 42.1 Å². The number of benzene rings is 2. The molecule has 7 heteroatoms. The maximum absolute atomic E-state index is 12.5. The summed E-state index contributed by atoms with van der Waals surface area (Å²) in [4.78, 5) is 16.8. The number of amides is 1. The number of carbonyl (C=O) groups is 1. The largest absolute Gasteiger partial charge is 0.480 e. The van der Waals surface area contributed by atoms with E-state index in [0.29, 0.717) is 20.9 Å². The van der Waals surface area contributed by atoms with Gasteiger partial charge in [-0.15, -0.1) is 0 Å². The summed E-state index contributed by atoms with van der Waals surface area (Å²) in [5.41, 5.74) is 1.60. The standard InChI is InChI=1S/C19H17BrClN3O2/c1-12(26-17-7-6-14(21)11-16(17)20)19(25)23-15-5-3-4-13(10-15)18-22-8-9-24(18)2/h3-12H,1-2H3,(H,23,25). The van der Waals surface area contributed by atoms with Crippen LogP contribution in [-0.4, -0.2) is 21.6 Å². The Hall–Kier alpha value is -2.31. The van der Waals surface area contributed by atoms with Gasteiger partial charge >= 0.3 is 0 Å². The summed E-state index contributed by atoms with van der Waals surface area (Å²) in [5.74, 6) is 1.14. The molecule has 2 aromatic carbocycles. The molecular weight excluding hydrogens is 418 g/mol. The molecule has 1 heterocycles. The van der Waals surface area contributed by atoms with Crippen molar-refractivity contribution in [1.29, 1.82) is 0 Å². The van der Waals surface area contributed by atoms with Crippen LogP contribution in [0.2, 0.25) is 5.02 Å². The Labute approximate surface area is 165 Å². The highest BCUT2D eigenvalue weighted by molar-refractivity contribution is 9.10. The highest BCUT2D eigenvalue weighted by Gasteiger charge is 2.17. The quantitative estimate of drug-likeness (QED) is 0.621. The van der Waals surface area contributed by atoms with Crippen LogP contribution in [0.4, 0.5) is 5.69 Å². The number of halogens is 2. The Morgan fingerprint density at radius 1 is 1.31 bits per heavy atom. The van der Waals surface area contributed by atoms with E-state index in [0.717, 1.165) is 11.4 Å². The van der Waals surface area contributed by atoms with E-state index in [1.54, 1.807) is 31.3 Å². The van der Waals surface area contributed by atoms with Gasteiger partial charge in [-0.25, -0.2) is 4.98 Å². The lowest BCUT2D eigenvalue weighted by molar-refractivity contribution is -0.122. The Balaban J connectivity index is 1.70. The van der Waals surface area contributed by atoms with Crippen molar-refractivity contribution in [3.05, 3.63) is 64.4 Å². The molecule has 134 valence electrons. The van der Waals surface area contributed by atoms with Crippen LogP contribution in [0.1, 0.15) is 6.92 Å². The SMILES string of the molecule is CC(Oc1ccc(Cl)cc1Br)C(=O)Nc1cccc(-c2nccn2C)c1. The molecule has 1 amide bonds. The van der Waals surface area contributed by atoms with Gasteiger partial charge in [0.25, 0.3) is 5.91 Å². The lowest BCUT2D eigenvalue weighted by Gasteiger charge is -2.16. The fraction of sp³-hybridized carbons (Fsp3) is 0.158. The van der Waals surface area contributed by atoms with Crippen molar-refractivity contribution in [3.8, 4) is 17.1 Å². The van der Waals surface area contributed by atoms with Crippen LogP contribution in [0.25, 0.3) is 11.4 Å². The molecule has 1 unspecified atom stereocenters. The molecule has 0 radical (unpaired) electrons. The Morgan fingerprint density at radius 2 is 2.12 bits per heavy atom. The van der Waals surface area contributed by atoms with Gasteiger partial charge in [-0.1, -0.05) is 23.7 Å². The number of nitrogens with zero attached hydrogens (tertiary/aromatic N) is 2. The highest BCUT2D eigenvalue weighted by Crippen LogP contribution is 2.29. The third-order valence-electron chi connectivity index (χ3n) is 3.78. The van der Waals surface area contributed by atoms with E-state index < -0.39 is 6.10 Å². The maximum Gasteiger partial charge on any atom is 0.265 e. The lowest BCUT2D eigenvalue weighted by Crippen LogP contribution is -2.30. The van der Waals surface area contributed by atoms with Crippen LogP contribution in [0.3, 0.4) is 0 Å². The van der Waals surface area contributed by atoms with Gasteiger partial charge in [0.1, 0.15) is 11.6 Å². The van der Waals surface area contributed by atoms with E-state index in [-0.39, 0.29) is 5.91 Å². The van der Waals surface area contributed by atoms with Crippen LogP contribution < -0.4 is 10.1 Å². The summed E-state index contributed by atoms with van der Waals surface area (Å²) in [5, 5.41) is 3.46. The van der Waals surface area contributed by atoms with Crippen molar-refractivity contribution in [3.63, 3.8) is 0 Å². The first kappa shape index (κ1) is 18.5. The van der Waals surface area contributed by atoms with E-state index in [4.69, 9.17) is 16.3 Å². The molecule has 0 saturated carbocycles. The van der Waals surface area contributed by atoms with Crippen LogP contribution in [0, 0.1) is 0 Å². The van der Waals surface area contributed by atoms with Gasteiger partial charge in [-0.3, -0.25) is 4.79 Å². The minimum absolute atomic E-state index is 0.246. The van der Waals surface area contributed by atoms with Crippen molar-refractivity contribution >= 4 is 39.1 Å². The molecular formula is C19H17BrClN3O2. The monoisotopic (exact) mass is 433 g/mol. The zero-order valence-electron chi connectivity index (χ0n) is 14.2. The molecule has 0 fully saturated rings. The zero-order valence-corrected chi connectivity index (χ0v) is 16.6. The maximum atomic E-state index is 12.5. The summed E-state index contributed by atoms with van der Waals surface area (Å²) in [6.45, 7) is 1.69. The minimum atomic E-state index is -0.677. The second kappa shape index (κ2) is 7.93. The predicted molar refractivity (Wildman–Crippen MR) is 107 cm³/mol. The van der Waals surface area contributed by atoms with E-state index in [1.165, 1.54) is 0 Å². The summed E-state index contributed by atoms with van der Waals surface area (Å²) in [6.07, 6.45) is 2.94. The number of hydrogen-bond donors (Lipinski definition) is 1. The molecule has 3 rings (SSSR count). The molecule has 0 spiro atoms. The van der Waals surface area contributed by atoms with Crippen molar-refractivity contribution < 1.29 is 9.53 Å². The Kier molecular flexibility index (Phi) is 5.64. The van der Waals surface area contributed by atoms with Gasteiger partial charge < -0.3 is 14.6 Å². The van der Waals surface area contributed by atoms with E-state index >= 15 is 0 Å². The number of aromatic nitrogens is 2.